The predicted molar refractivity (Wildman–Crippen MR) is 118 cm³/mol. The Bertz CT molecular complexity index is 1050. The molecule has 2 aromatic heterocycles. The summed E-state index contributed by atoms with van der Waals surface area (Å²) in [6.45, 7) is 2.69. The zero-order valence-electron chi connectivity index (χ0n) is 17.3. The Balaban J connectivity index is 1.37. The third-order valence-corrected chi connectivity index (χ3v) is 5.24. The third kappa shape index (κ3) is 4.64. The van der Waals surface area contributed by atoms with Gasteiger partial charge in [0.25, 0.3) is 0 Å². The van der Waals surface area contributed by atoms with Crippen molar-refractivity contribution in [1.82, 2.24) is 9.97 Å². The topological polar surface area (TPSA) is 81.5 Å². The Labute approximate surface area is 181 Å². The molecule has 158 valence electrons. The first-order chi connectivity index (χ1) is 15.2. The lowest BCUT2D eigenvalue weighted by Crippen LogP contribution is -2.26. The molecule has 31 heavy (non-hydrogen) atoms. The summed E-state index contributed by atoms with van der Waals surface area (Å²) in [5.74, 6) is -0.198. The minimum atomic E-state index is -0.948. The summed E-state index contributed by atoms with van der Waals surface area (Å²) >= 11 is 0. The van der Waals surface area contributed by atoms with Crippen LogP contribution in [0.4, 0.5) is 0 Å². The van der Waals surface area contributed by atoms with E-state index in [4.69, 9.17) is 9.47 Å². The maximum Gasteiger partial charge on any atom is 0.333 e. The number of hydrogen-bond donors (Lipinski definition) is 1. The second kappa shape index (κ2) is 9.53. The van der Waals surface area contributed by atoms with Gasteiger partial charge in [-0.2, -0.15) is 0 Å². The first-order valence-corrected chi connectivity index (χ1v) is 10.3. The van der Waals surface area contributed by atoms with E-state index in [-0.39, 0.29) is 0 Å². The van der Waals surface area contributed by atoms with Gasteiger partial charge in [-0.15, -0.1) is 0 Å². The summed E-state index contributed by atoms with van der Waals surface area (Å²) in [7, 11) is 0. The van der Waals surface area contributed by atoms with Crippen LogP contribution in [0.3, 0.4) is 0 Å². The minimum absolute atomic E-state index is 0.330. The molecule has 0 aliphatic heterocycles. The van der Waals surface area contributed by atoms with Gasteiger partial charge in [-0.1, -0.05) is 18.2 Å². The molecular weight excluding hydrogens is 392 g/mol. The van der Waals surface area contributed by atoms with Crippen molar-refractivity contribution in [2.45, 2.75) is 25.9 Å². The second-order valence-corrected chi connectivity index (χ2v) is 7.23. The van der Waals surface area contributed by atoms with Crippen molar-refractivity contribution < 1.29 is 19.4 Å². The fourth-order valence-corrected chi connectivity index (χ4v) is 3.79. The van der Waals surface area contributed by atoms with Gasteiger partial charge in [0.15, 0.2) is 6.10 Å². The Kier molecular flexibility index (Phi) is 6.38. The highest BCUT2D eigenvalue weighted by Gasteiger charge is 2.23. The number of carbonyl (C=O) groups is 1. The molecule has 0 bridgehead atoms. The third-order valence-electron chi connectivity index (χ3n) is 5.24. The van der Waals surface area contributed by atoms with Gasteiger partial charge in [-0.05, 0) is 53.5 Å². The van der Waals surface area contributed by atoms with E-state index in [2.05, 4.69) is 16.0 Å². The first kappa shape index (κ1) is 20.8. The highest BCUT2D eigenvalue weighted by molar-refractivity contribution is 6.00. The lowest BCUT2D eigenvalue weighted by molar-refractivity contribution is -0.149. The highest BCUT2D eigenvalue weighted by Crippen LogP contribution is 2.43. The van der Waals surface area contributed by atoms with E-state index in [0.29, 0.717) is 19.6 Å². The van der Waals surface area contributed by atoms with Gasteiger partial charge in [0.05, 0.1) is 6.61 Å². The quantitative estimate of drug-likeness (QED) is 0.408. The number of ether oxygens (including phenoxy) is 2. The zero-order chi connectivity index (χ0) is 21.6. The molecule has 0 saturated heterocycles. The van der Waals surface area contributed by atoms with E-state index in [9.17, 15) is 9.90 Å². The number of fused-ring (bicyclic) bond motifs is 3. The van der Waals surface area contributed by atoms with E-state index >= 15 is 0 Å². The van der Waals surface area contributed by atoms with Gasteiger partial charge in [0.1, 0.15) is 5.75 Å². The molecule has 1 aliphatic carbocycles. The molecule has 2 heterocycles. The van der Waals surface area contributed by atoms with Gasteiger partial charge in [0, 0.05) is 55.4 Å². The molecule has 6 nitrogen and oxygen atoms in total. The molecular formula is C25H24N2O4. The fourth-order valence-electron chi connectivity index (χ4n) is 3.79. The molecule has 1 N–H and O–H groups in total. The highest BCUT2D eigenvalue weighted by atomic mass is 16.5. The number of aliphatic carboxylic acids is 1. The molecule has 0 amide bonds. The number of carboxylic acids is 1. The van der Waals surface area contributed by atoms with Crippen LogP contribution in [0.1, 0.15) is 30.0 Å². The molecule has 0 saturated carbocycles. The van der Waals surface area contributed by atoms with Gasteiger partial charge >= 0.3 is 5.97 Å². The van der Waals surface area contributed by atoms with Gasteiger partial charge in [0.2, 0.25) is 0 Å². The summed E-state index contributed by atoms with van der Waals surface area (Å²) in [5, 5.41) is 9.21. The number of pyridine rings is 2. The molecule has 4 rings (SSSR count). The van der Waals surface area contributed by atoms with Crippen molar-refractivity contribution in [1.29, 1.82) is 0 Å². The van der Waals surface area contributed by atoms with Crippen LogP contribution in [0.25, 0.3) is 16.7 Å². The van der Waals surface area contributed by atoms with Crippen LogP contribution in [0, 0.1) is 0 Å². The van der Waals surface area contributed by atoms with Gasteiger partial charge in [-0.25, -0.2) is 4.79 Å². The van der Waals surface area contributed by atoms with Crippen molar-refractivity contribution in [2.24, 2.45) is 0 Å². The number of hydrogen-bond acceptors (Lipinski definition) is 5. The molecule has 1 aliphatic rings. The summed E-state index contributed by atoms with van der Waals surface area (Å²) in [4.78, 5) is 19.8. The number of benzene rings is 1. The fraction of sp³-hybridized carbons (Fsp3) is 0.240. The van der Waals surface area contributed by atoms with Crippen LogP contribution in [-0.2, 0) is 16.0 Å². The Morgan fingerprint density at radius 1 is 1.00 bits per heavy atom. The maximum absolute atomic E-state index is 11.2. The maximum atomic E-state index is 11.2. The summed E-state index contributed by atoms with van der Waals surface area (Å²) in [5.41, 5.74) is 6.65. The van der Waals surface area contributed by atoms with Crippen molar-refractivity contribution in [2.75, 3.05) is 13.2 Å². The molecule has 0 radical (unpaired) electrons. The SMILES string of the molecule is CCOC(Cc1ccc(OCCC=C2c3cnccc3-c3ccncc32)cc1)C(=O)O. The Hall–Kier alpha value is -3.51. The predicted octanol–water partition coefficient (Wildman–Crippen LogP) is 4.39. The van der Waals surface area contributed by atoms with Crippen molar-refractivity contribution in [3.05, 3.63) is 84.0 Å². The second-order valence-electron chi connectivity index (χ2n) is 7.23. The van der Waals surface area contributed by atoms with Crippen LogP contribution in [0.15, 0.2) is 67.3 Å². The van der Waals surface area contributed by atoms with Crippen molar-refractivity contribution >= 4 is 11.5 Å². The average molecular weight is 416 g/mol. The normalized spacial score (nSPS) is 12.7. The smallest absolute Gasteiger partial charge is 0.333 e. The number of carboxylic acid groups (broad SMARTS) is 1. The van der Waals surface area contributed by atoms with Crippen LogP contribution >= 0.6 is 0 Å². The largest absolute Gasteiger partial charge is 0.493 e. The van der Waals surface area contributed by atoms with Crippen LogP contribution in [0.5, 0.6) is 5.75 Å². The van der Waals surface area contributed by atoms with E-state index in [0.717, 1.165) is 34.4 Å². The average Bonchev–Trinajstić information content (AvgIpc) is 3.11. The summed E-state index contributed by atoms with van der Waals surface area (Å²) < 4.78 is 11.1. The number of nitrogens with zero attached hydrogens (tertiary/aromatic N) is 2. The van der Waals surface area contributed by atoms with Crippen molar-refractivity contribution in [3.63, 3.8) is 0 Å². The molecule has 3 aromatic rings. The standard InChI is InChI=1S/C25H24N2O4/c1-2-30-24(25(28)29)14-17-5-7-18(8-6-17)31-13-3-4-19-22-15-26-11-9-20(22)21-10-12-27-16-23(19)21/h4-12,15-16,24H,2-3,13-14H2,1H3,(H,28,29). The van der Waals surface area contributed by atoms with E-state index in [1.54, 1.807) is 6.92 Å². The van der Waals surface area contributed by atoms with E-state index in [1.165, 1.54) is 11.1 Å². The zero-order valence-corrected chi connectivity index (χ0v) is 17.3. The summed E-state index contributed by atoms with van der Waals surface area (Å²) in [6, 6.07) is 11.6. The van der Waals surface area contributed by atoms with Crippen LogP contribution < -0.4 is 4.74 Å². The van der Waals surface area contributed by atoms with Gasteiger partial charge in [-0.3, -0.25) is 9.97 Å². The van der Waals surface area contributed by atoms with E-state index in [1.807, 2.05) is 61.2 Å². The molecule has 0 fully saturated rings. The number of aromatic nitrogens is 2. The van der Waals surface area contributed by atoms with E-state index < -0.39 is 12.1 Å². The Morgan fingerprint density at radius 3 is 2.23 bits per heavy atom. The van der Waals surface area contributed by atoms with Crippen LogP contribution in [0.2, 0.25) is 0 Å². The van der Waals surface area contributed by atoms with Gasteiger partial charge < -0.3 is 14.6 Å². The first-order valence-electron chi connectivity index (χ1n) is 10.3. The molecule has 6 heteroatoms. The molecule has 1 aromatic carbocycles. The number of rotatable bonds is 9. The minimum Gasteiger partial charge on any atom is -0.493 e. The van der Waals surface area contributed by atoms with Crippen LogP contribution in [-0.4, -0.2) is 40.4 Å². The van der Waals surface area contributed by atoms with Crippen molar-refractivity contribution in [3.8, 4) is 16.9 Å². The Morgan fingerprint density at radius 2 is 1.65 bits per heavy atom. The summed E-state index contributed by atoms with van der Waals surface area (Å²) in [6.07, 6.45) is 9.83. The molecule has 1 atom stereocenters. The molecule has 0 spiro atoms. The molecule has 1 unspecified atom stereocenters. The lowest BCUT2D eigenvalue weighted by atomic mass is 10.1. The monoisotopic (exact) mass is 416 g/mol. The lowest BCUT2D eigenvalue weighted by Gasteiger charge is -2.12.